The smallest absolute Gasteiger partial charge is 0.119 e. The first-order chi connectivity index (χ1) is 10.6. The van der Waals surface area contributed by atoms with Gasteiger partial charge in [-0.2, -0.15) is 0 Å². The summed E-state index contributed by atoms with van der Waals surface area (Å²) in [5, 5.41) is 0. The molecule has 4 N–H and O–H groups in total. The van der Waals surface area contributed by atoms with Crippen molar-refractivity contribution in [3.8, 4) is 5.75 Å². The molecule has 0 spiro atoms. The van der Waals surface area contributed by atoms with Crippen LogP contribution in [-0.4, -0.2) is 37.2 Å². The van der Waals surface area contributed by atoms with Gasteiger partial charge in [0.05, 0.1) is 12.6 Å². The number of nitrogens with two attached hydrogens (primary N) is 2. The Morgan fingerprint density at radius 2 is 2.18 bits per heavy atom. The summed E-state index contributed by atoms with van der Waals surface area (Å²) >= 11 is 0. The fourth-order valence-electron chi connectivity index (χ4n) is 4.43. The Balaban J connectivity index is 1.73. The van der Waals surface area contributed by atoms with Gasteiger partial charge in [0, 0.05) is 18.6 Å². The minimum atomic E-state index is -0.412. The molecule has 1 aromatic rings. The number of benzene rings is 1. The van der Waals surface area contributed by atoms with Gasteiger partial charge < -0.3 is 16.2 Å². The van der Waals surface area contributed by atoms with Crippen LogP contribution in [0.25, 0.3) is 0 Å². The monoisotopic (exact) mass is 301 g/mol. The first kappa shape index (κ1) is 14.5. The van der Waals surface area contributed by atoms with Crippen molar-refractivity contribution >= 4 is 0 Å². The van der Waals surface area contributed by atoms with Crippen molar-refractivity contribution in [2.24, 2.45) is 17.4 Å². The van der Waals surface area contributed by atoms with Crippen molar-refractivity contribution in [3.05, 3.63) is 29.3 Å². The van der Waals surface area contributed by atoms with E-state index < -0.39 is 5.54 Å². The topological polar surface area (TPSA) is 64.5 Å². The number of hydrogen-bond donors (Lipinski definition) is 2. The zero-order valence-corrected chi connectivity index (χ0v) is 13.4. The highest BCUT2D eigenvalue weighted by molar-refractivity contribution is 5.45. The Bertz CT molecular complexity index is 571. The standard InChI is InChI=1S/C18H27N3O/c1-22-14-6-5-13-9-16-17(19)18(20,15(13)10-14)7-2-8-21(16)11-12-3-4-12/h5-6,10,12,16-17H,2-4,7-9,11,19-20H2,1H3. The Hall–Kier alpha value is -1.10. The van der Waals surface area contributed by atoms with Gasteiger partial charge in [-0.15, -0.1) is 0 Å². The maximum atomic E-state index is 6.88. The number of methoxy groups -OCH3 is 1. The molecule has 1 aromatic carbocycles. The van der Waals surface area contributed by atoms with E-state index in [4.69, 9.17) is 16.2 Å². The molecule has 0 aromatic heterocycles. The molecular weight excluding hydrogens is 274 g/mol. The van der Waals surface area contributed by atoms with E-state index in [9.17, 15) is 0 Å². The van der Waals surface area contributed by atoms with E-state index in [-0.39, 0.29) is 6.04 Å². The summed E-state index contributed by atoms with van der Waals surface area (Å²) in [6.45, 7) is 2.35. The molecule has 22 heavy (non-hydrogen) atoms. The van der Waals surface area contributed by atoms with Crippen molar-refractivity contribution in [2.45, 2.75) is 49.7 Å². The molecule has 2 aliphatic carbocycles. The molecule has 0 radical (unpaired) electrons. The van der Waals surface area contributed by atoms with Crippen LogP contribution >= 0.6 is 0 Å². The molecule has 2 fully saturated rings. The molecular formula is C18H27N3O. The van der Waals surface area contributed by atoms with Crippen LogP contribution in [0.5, 0.6) is 5.75 Å². The molecule has 3 unspecified atom stereocenters. The van der Waals surface area contributed by atoms with Gasteiger partial charge in [0.25, 0.3) is 0 Å². The molecule has 0 amide bonds. The van der Waals surface area contributed by atoms with Gasteiger partial charge >= 0.3 is 0 Å². The maximum Gasteiger partial charge on any atom is 0.119 e. The zero-order valence-electron chi connectivity index (χ0n) is 13.4. The summed E-state index contributed by atoms with van der Waals surface area (Å²) in [6, 6.07) is 6.75. The summed E-state index contributed by atoms with van der Waals surface area (Å²) in [6.07, 6.45) is 5.89. The van der Waals surface area contributed by atoms with Crippen molar-refractivity contribution in [1.29, 1.82) is 0 Å². The minimum absolute atomic E-state index is 0.00774. The second-order valence-electron chi connectivity index (χ2n) is 7.40. The lowest BCUT2D eigenvalue weighted by Gasteiger charge is -2.46. The molecule has 3 atom stereocenters. The van der Waals surface area contributed by atoms with Crippen molar-refractivity contribution < 1.29 is 4.74 Å². The summed E-state index contributed by atoms with van der Waals surface area (Å²) < 4.78 is 5.40. The number of likely N-dealkylation sites (tertiary alicyclic amines) is 1. The summed E-state index contributed by atoms with van der Waals surface area (Å²) in [5.74, 6) is 1.78. The molecule has 4 nitrogen and oxygen atoms in total. The quantitative estimate of drug-likeness (QED) is 0.890. The van der Waals surface area contributed by atoms with Crippen LogP contribution in [0.2, 0.25) is 0 Å². The molecule has 1 saturated heterocycles. The zero-order chi connectivity index (χ0) is 15.3. The first-order valence-electron chi connectivity index (χ1n) is 8.58. The molecule has 4 rings (SSSR count). The Labute approximate surface area is 132 Å². The molecule has 1 saturated carbocycles. The van der Waals surface area contributed by atoms with E-state index >= 15 is 0 Å². The van der Waals surface area contributed by atoms with E-state index in [0.717, 1.165) is 37.5 Å². The number of rotatable bonds is 3. The van der Waals surface area contributed by atoms with Gasteiger partial charge in [-0.05, 0) is 67.8 Å². The number of ether oxygens (including phenoxy) is 1. The lowest BCUT2D eigenvalue weighted by Crippen LogP contribution is -2.64. The average Bonchev–Trinajstić information content (AvgIpc) is 3.34. The summed E-state index contributed by atoms with van der Waals surface area (Å²) in [5.41, 5.74) is 15.7. The van der Waals surface area contributed by atoms with Crippen molar-refractivity contribution in [2.75, 3.05) is 20.2 Å². The minimum Gasteiger partial charge on any atom is -0.497 e. The lowest BCUT2D eigenvalue weighted by molar-refractivity contribution is 0.144. The Morgan fingerprint density at radius 3 is 2.91 bits per heavy atom. The van der Waals surface area contributed by atoms with Crippen molar-refractivity contribution in [3.63, 3.8) is 0 Å². The highest BCUT2D eigenvalue weighted by Gasteiger charge is 2.48. The van der Waals surface area contributed by atoms with Crippen LogP contribution in [0.4, 0.5) is 0 Å². The fourth-order valence-corrected chi connectivity index (χ4v) is 4.43. The van der Waals surface area contributed by atoms with Crippen LogP contribution in [-0.2, 0) is 12.0 Å². The third kappa shape index (κ3) is 2.25. The van der Waals surface area contributed by atoms with E-state index in [2.05, 4.69) is 23.1 Å². The first-order valence-corrected chi connectivity index (χ1v) is 8.58. The van der Waals surface area contributed by atoms with E-state index in [1.165, 1.54) is 30.5 Å². The highest BCUT2D eigenvalue weighted by Crippen LogP contribution is 2.42. The van der Waals surface area contributed by atoms with E-state index in [0.29, 0.717) is 6.04 Å². The molecule has 120 valence electrons. The molecule has 4 heteroatoms. The maximum absolute atomic E-state index is 6.88. The van der Waals surface area contributed by atoms with Gasteiger partial charge in [0.2, 0.25) is 0 Å². The SMILES string of the molecule is COc1ccc2c(c1)C1(N)CCCN(CC3CC3)C(C2)C1N. The second-order valence-corrected chi connectivity index (χ2v) is 7.40. The summed E-state index contributed by atoms with van der Waals surface area (Å²) in [7, 11) is 1.71. The third-order valence-corrected chi connectivity index (χ3v) is 5.95. The predicted octanol–water partition coefficient (Wildman–Crippen LogP) is 1.61. The van der Waals surface area contributed by atoms with Gasteiger partial charge in [-0.3, -0.25) is 4.90 Å². The largest absolute Gasteiger partial charge is 0.497 e. The number of fused-ring (bicyclic) bond motifs is 4. The molecule has 2 bridgehead atoms. The second kappa shape index (κ2) is 5.22. The van der Waals surface area contributed by atoms with Gasteiger partial charge in [-0.1, -0.05) is 6.07 Å². The van der Waals surface area contributed by atoms with E-state index in [1.54, 1.807) is 7.11 Å². The van der Waals surface area contributed by atoms with Crippen LogP contribution in [0.15, 0.2) is 18.2 Å². The van der Waals surface area contributed by atoms with Crippen LogP contribution in [0.1, 0.15) is 36.8 Å². The van der Waals surface area contributed by atoms with Gasteiger partial charge in [-0.25, -0.2) is 0 Å². The van der Waals surface area contributed by atoms with Crippen molar-refractivity contribution in [1.82, 2.24) is 4.90 Å². The van der Waals surface area contributed by atoms with Crippen LogP contribution in [0.3, 0.4) is 0 Å². The lowest BCUT2D eigenvalue weighted by atomic mass is 9.70. The third-order valence-electron chi connectivity index (χ3n) is 5.95. The average molecular weight is 301 g/mol. The predicted molar refractivity (Wildman–Crippen MR) is 87.9 cm³/mol. The molecule has 1 aliphatic heterocycles. The molecule has 3 aliphatic rings. The normalized spacial score (nSPS) is 34.9. The number of nitrogens with zero attached hydrogens (tertiary/aromatic N) is 1. The Kier molecular flexibility index (Phi) is 3.44. The summed E-state index contributed by atoms with van der Waals surface area (Å²) in [4.78, 5) is 2.63. The van der Waals surface area contributed by atoms with Gasteiger partial charge in [0.1, 0.15) is 5.75 Å². The fraction of sp³-hybridized carbons (Fsp3) is 0.667. The van der Waals surface area contributed by atoms with Gasteiger partial charge in [0.15, 0.2) is 0 Å². The number of hydrogen-bond acceptors (Lipinski definition) is 4. The Morgan fingerprint density at radius 1 is 1.36 bits per heavy atom. The highest BCUT2D eigenvalue weighted by atomic mass is 16.5. The van der Waals surface area contributed by atoms with Crippen LogP contribution < -0.4 is 16.2 Å². The van der Waals surface area contributed by atoms with E-state index in [1.807, 2.05) is 0 Å². The molecule has 1 heterocycles. The van der Waals surface area contributed by atoms with Crippen LogP contribution in [0, 0.1) is 5.92 Å².